The van der Waals surface area contributed by atoms with Crippen LogP contribution < -0.4 is 14.4 Å². The number of benzene rings is 12. The maximum Gasteiger partial charge on any atom is 0.159 e. The molecule has 0 bridgehead atoms. The molecule has 4 nitrogen and oxygen atoms in total. The molecular formula is C78H51F2NO3. The van der Waals surface area contributed by atoms with Gasteiger partial charge < -0.3 is 18.8 Å². The van der Waals surface area contributed by atoms with E-state index in [1.165, 1.54) is 0 Å². The molecule has 0 aliphatic heterocycles. The Morgan fingerprint density at radius 1 is 0.357 bits per heavy atom. The summed E-state index contributed by atoms with van der Waals surface area (Å²) in [4.78, 5) is 2.25. The van der Waals surface area contributed by atoms with Crippen LogP contribution in [0.25, 0.3) is 56.3 Å². The highest BCUT2D eigenvalue weighted by Gasteiger charge is 2.50. The van der Waals surface area contributed by atoms with Crippen LogP contribution >= 0.6 is 0 Å². The molecule has 0 radical (unpaired) electrons. The minimum Gasteiger partial charge on any atom is -0.457 e. The predicted molar refractivity (Wildman–Crippen MR) is 336 cm³/mol. The molecule has 400 valence electrons. The molecule has 0 spiro atoms. The standard InChI is InChI=1S/C78H51F2NO3/c1-3-50-28-38-56(39-29-50)82-58-42-32-52(33-43-58)77(68-22-10-12-24-72(68)79)66-20-8-5-16-60(66)62-46-36-54(48-70(62)77)81(74-26-15-19-65-64-18-7-14-27-75(64)84-76(65)74)55-37-47-63-61-17-6-9-21-67(61)78(71(63)49-55,69-23-11-13-25-73(69)80)53-34-44-59(45-35-53)83-57-40-30-51(4-2)31-41-57/h3-49H,1-2H2. The molecule has 0 N–H and O–H groups in total. The van der Waals surface area contributed by atoms with Crippen molar-refractivity contribution >= 4 is 51.2 Å². The van der Waals surface area contributed by atoms with Crippen molar-refractivity contribution in [3.05, 3.63) is 353 Å². The Morgan fingerprint density at radius 3 is 1.21 bits per heavy atom. The van der Waals surface area contributed by atoms with Gasteiger partial charge >= 0.3 is 0 Å². The average molecular weight is 1090 g/mol. The molecule has 1 aromatic heterocycles. The molecular weight excluding hydrogens is 1040 g/mol. The van der Waals surface area contributed by atoms with E-state index >= 15 is 8.78 Å². The summed E-state index contributed by atoms with van der Waals surface area (Å²) in [6.07, 6.45) is 3.60. The number of fused-ring (bicyclic) bond motifs is 9. The fraction of sp³-hybridized carbons (Fsp3) is 0.0256. The molecule has 6 heteroatoms. The fourth-order valence-corrected chi connectivity index (χ4v) is 13.4. The van der Waals surface area contributed by atoms with E-state index in [0.29, 0.717) is 39.7 Å². The van der Waals surface area contributed by atoms with Gasteiger partial charge in [0, 0.05) is 33.3 Å². The molecule has 0 fully saturated rings. The quantitative estimate of drug-likeness (QED) is 0.115. The molecule has 2 atom stereocenters. The van der Waals surface area contributed by atoms with Gasteiger partial charge in [-0.1, -0.05) is 201 Å². The molecule has 84 heavy (non-hydrogen) atoms. The number of para-hydroxylation sites is 2. The minimum absolute atomic E-state index is 0.332. The predicted octanol–water partition coefficient (Wildman–Crippen LogP) is 20.9. The highest BCUT2D eigenvalue weighted by Crippen LogP contribution is 2.61. The molecule has 15 rings (SSSR count). The number of nitrogens with zero attached hydrogens (tertiary/aromatic N) is 1. The van der Waals surface area contributed by atoms with Crippen molar-refractivity contribution in [2.24, 2.45) is 0 Å². The summed E-state index contributed by atoms with van der Waals surface area (Å²) in [5.41, 5.74) is 14.0. The van der Waals surface area contributed by atoms with Gasteiger partial charge in [0.1, 0.15) is 40.2 Å². The molecule has 1 heterocycles. The summed E-state index contributed by atoms with van der Waals surface area (Å²) in [5.74, 6) is 2.00. The molecule has 0 saturated heterocycles. The third-order valence-corrected chi connectivity index (χ3v) is 17.0. The molecule has 2 unspecified atom stereocenters. The van der Waals surface area contributed by atoms with Gasteiger partial charge in [-0.25, -0.2) is 8.78 Å². The van der Waals surface area contributed by atoms with E-state index in [1.807, 2.05) is 140 Å². The lowest BCUT2D eigenvalue weighted by Gasteiger charge is -2.36. The van der Waals surface area contributed by atoms with Crippen molar-refractivity contribution in [2.75, 3.05) is 4.90 Å². The van der Waals surface area contributed by atoms with E-state index in [1.54, 1.807) is 36.4 Å². The Bertz CT molecular complexity index is 4490. The maximum atomic E-state index is 17.3. The zero-order chi connectivity index (χ0) is 56.5. The number of rotatable bonds is 13. The van der Waals surface area contributed by atoms with Gasteiger partial charge in [-0.15, -0.1) is 0 Å². The molecule has 0 amide bonds. The first kappa shape index (κ1) is 50.2. The SMILES string of the molecule is C=Cc1ccc(Oc2ccc(C3(c4ccccc4F)c4ccccc4-c4ccc(N(c5ccc6c(c5)C(c5ccc(Oc7ccc(C=C)cc7)cc5)(c5ccccc5F)c5ccccc5-6)c5cccc6c5oc5ccccc56)cc43)cc2)cc1. The van der Waals surface area contributed by atoms with Crippen LogP contribution in [-0.2, 0) is 10.8 Å². The van der Waals surface area contributed by atoms with Gasteiger partial charge in [-0.05, 0) is 164 Å². The third kappa shape index (κ3) is 7.79. The maximum absolute atomic E-state index is 17.3. The smallest absolute Gasteiger partial charge is 0.159 e. The zero-order valence-corrected chi connectivity index (χ0v) is 45.5. The third-order valence-electron chi connectivity index (χ3n) is 17.0. The van der Waals surface area contributed by atoms with Crippen molar-refractivity contribution in [3.63, 3.8) is 0 Å². The van der Waals surface area contributed by atoms with E-state index in [-0.39, 0.29) is 11.6 Å². The second-order valence-corrected chi connectivity index (χ2v) is 21.4. The largest absolute Gasteiger partial charge is 0.457 e. The van der Waals surface area contributed by atoms with Crippen molar-refractivity contribution in [1.29, 1.82) is 0 Å². The lowest BCUT2D eigenvalue weighted by molar-refractivity contribution is 0.482. The summed E-state index contributed by atoms with van der Waals surface area (Å²) in [6.45, 7) is 7.80. The number of ether oxygens (including phenoxy) is 2. The van der Waals surface area contributed by atoms with E-state index < -0.39 is 10.8 Å². The highest BCUT2D eigenvalue weighted by atomic mass is 19.1. The van der Waals surface area contributed by atoms with Crippen molar-refractivity contribution < 1.29 is 22.7 Å². The number of halogens is 2. The summed E-state index contributed by atoms with van der Waals surface area (Å²) in [7, 11) is 0. The first-order valence-electron chi connectivity index (χ1n) is 28.1. The molecule has 2 aliphatic rings. The Hall–Kier alpha value is -10.8. The Balaban J connectivity index is 0.964. The minimum atomic E-state index is -1.14. The van der Waals surface area contributed by atoms with Crippen molar-refractivity contribution in [3.8, 4) is 45.3 Å². The summed E-state index contributed by atoms with van der Waals surface area (Å²) in [5, 5.41) is 1.94. The first-order chi connectivity index (χ1) is 41.3. The van der Waals surface area contributed by atoms with Crippen LogP contribution in [0.15, 0.2) is 291 Å². The highest BCUT2D eigenvalue weighted by molar-refractivity contribution is 6.10. The van der Waals surface area contributed by atoms with Crippen LogP contribution in [0, 0.1) is 11.6 Å². The number of furan rings is 1. The summed E-state index contributed by atoms with van der Waals surface area (Å²) < 4.78 is 54.4. The topological polar surface area (TPSA) is 34.8 Å². The van der Waals surface area contributed by atoms with Gasteiger partial charge in [-0.3, -0.25) is 0 Å². The Labute approximate surface area is 485 Å². The Morgan fingerprint density at radius 2 is 0.750 bits per heavy atom. The second-order valence-electron chi connectivity index (χ2n) is 21.4. The van der Waals surface area contributed by atoms with Gasteiger partial charge in [0.2, 0.25) is 0 Å². The van der Waals surface area contributed by atoms with E-state index in [4.69, 9.17) is 13.9 Å². The van der Waals surface area contributed by atoms with E-state index in [9.17, 15) is 0 Å². The number of hydrogen-bond donors (Lipinski definition) is 0. The Kier molecular flexibility index (Phi) is 12.0. The van der Waals surface area contributed by atoms with Crippen LogP contribution in [0.5, 0.6) is 23.0 Å². The lowest BCUT2D eigenvalue weighted by Crippen LogP contribution is -2.30. The molecule has 0 saturated carbocycles. The van der Waals surface area contributed by atoms with E-state index in [2.05, 4.69) is 127 Å². The lowest BCUT2D eigenvalue weighted by atomic mass is 9.67. The monoisotopic (exact) mass is 1090 g/mol. The number of hydrogen-bond acceptors (Lipinski definition) is 4. The van der Waals surface area contributed by atoms with Gasteiger partial charge in [0.05, 0.1) is 16.5 Å². The van der Waals surface area contributed by atoms with Crippen LogP contribution in [0.2, 0.25) is 0 Å². The molecule has 2 aliphatic carbocycles. The van der Waals surface area contributed by atoms with Crippen LogP contribution in [-0.4, -0.2) is 0 Å². The molecule has 13 aromatic rings. The van der Waals surface area contributed by atoms with Gasteiger partial charge in [0.15, 0.2) is 5.58 Å². The van der Waals surface area contributed by atoms with Crippen LogP contribution in [0.3, 0.4) is 0 Å². The first-order valence-corrected chi connectivity index (χ1v) is 28.1. The zero-order valence-electron chi connectivity index (χ0n) is 45.5. The summed E-state index contributed by atoms with van der Waals surface area (Å²) >= 11 is 0. The van der Waals surface area contributed by atoms with Gasteiger partial charge in [-0.2, -0.15) is 0 Å². The van der Waals surface area contributed by atoms with Crippen molar-refractivity contribution in [2.45, 2.75) is 10.8 Å². The van der Waals surface area contributed by atoms with E-state index in [0.717, 1.165) is 100 Å². The summed E-state index contributed by atoms with van der Waals surface area (Å²) in [6, 6.07) is 90.0. The molecule has 12 aromatic carbocycles. The average Bonchev–Trinajstić information content (AvgIpc) is 1.58. The second kappa shape index (κ2) is 20.0. The van der Waals surface area contributed by atoms with Crippen LogP contribution in [0.4, 0.5) is 25.8 Å². The fourth-order valence-electron chi connectivity index (χ4n) is 13.4. The normalized spacial score (nSPS) is 15.5. The van der Waals surface area contributed by atoms with Gasteiger partial charge in [0.25, 0.3) is 0 Å². The van der Waals surface area contributed by atoms with Crippen molar-refractivity contribution in [1.82, 2.24) is 0 Å². The van der Waals surface area contributed by atoms with Crippen LogP contribution in [0.1, 0.15) is 55.6 Å². The number of anilines is 3.